The van der Waals surface area contributed by atoms with Crippen LogP contribution in [0.2, 0.25) is 0 Å². The first-order valence-electron chi connectivity index (χ1n) is 3.64. The molecule has 1 nitrogen and oxygen atoms in total. The van der Waals surface area contributed by atoms with Gasteiger partial charge in [0.15, 0.2) is 0 Å². The SMILES string of the molecule is C=CCNCC(Cl)C(C)C. The maximum Gasteiger partial charge on any atom is 0.0483 e. The van der Waals surface area contributed by atoms with Gasteiger partial charge < -0.3 is 5.32 Å². The monoisotopic (exact) mass is 161 g/mol. The molecule has 1 atom stereocenters. The lowest BCUT2D eigenvalue weighted by Gasteiger charge is -2.12. The molecule has 0 saturated carbocycles. The molecule has 0 aliphatic rings. The van der Waals surface area contributed by atoms with Crippen molar-refractivity contribution >= 4 is 11.6 Å². The lowest BCUT2D eigenvalue weighted by atomic mass is 10.1. The molecular formula is C8H16ClN. The third-order valence-corrected chi connectivity index (χ3v) is 2.01. The average Bonchev–Trinajstić information content (AvgIpc) is 1.88. The molecular weight excluding hydrogens is 146 g/mol. The fraction of sp³-hybridized carbons (Fsp3) is 0.750. The Kier molecular flexibility index (Phi) is 5.74. The van der Waals surface area contributed by atoms with Crippen LogP contribution >= 0.6 is 11.6 Å². The number of alkyl halides is 1. The largest absolute Gasteiger partial charge is 0.312 e. The standard InChI is InChI=1S/C8H16ClN/c1-4-5-10-6-8(9)7(2)3/h4,7-8,10H,1,5-6H2,2-3H3. The van der Waals surface area contributed by atoms with E-state index in [0.717, 1.165) is 13.1 Å². The van der Waals surface area contributed by atoms with Crippen LogP contribution in [0.5, 0.6) is 0 Å². The summed E-state index contributed by atoms with van der Waals surface area (Å²) < 4.78 is 0. The molecule has 0 aromatic rings. The minimum Gasteiger partial charge on any atom is -0.312 e. The number of hydrogen-bond acceptors (Lipinski definition) is 1. The summed E-state index contributed by atoms with van der Waals surface area (Å²) in [5.74, 6) is 0.541. The number of rotatable bonds is 5. The molecule has 0 fully saturated rings. The van der Waals surface area contributed by atoms with Crippen LogP contribution in [-0.2, 0) is 0 Å². The van der Waals surface area contributed by atoms with Crippen molar-refractivity contribution in [2.75, 3.05) is 13.1 Å². The van der Waals surface area contributed by atoms with Gasteiger partial charge in [-0.25, -0.2) is 0 Å². The Morgan fingerprint density at radius 2 is 2.20 bits per heavy atom. The Labute approximate surface area is 68.5 Å². The summed E-state index contributed by atoms with van der Waals surface area (Å²) in [5.41, 5.74) is 0. The van der Waals surface area contributed by atoms with Gasteiger partial charge in [0.25, 0.3) is 0 Å². The van der Waals surface area contributed by atoms with Crippen molar-refractivity contribution < 1.29 is 0 Å². The van der Waals surface area contributed by atoms with Gasteiger partial charge in [-0.2, -0.15) is 0 Å². The lowest BCUT2D eigenvalue weighted by molar-refractivity contribution is 0.561. The first-order chi connectivity index (χ1) is 4.68. The Morgan fingerprint density at radius 3 is 2.60 bits per heavy atom. The van der Waals surface area contributed by atoms with Crippen LogP contribution in [0.4, 0.5) is 0 Å². The normalized spacial score (nSPS) is 13.6. The second-order valence-corrected chi connectivity index (χ2v) is 3.27. The molecule has 0 saturated heterocycles. The maximum atomic E-state index is 5.95. The van der Waals surface area contributed by atoms with E-state index in [1.165, 1.54) is 0 Å². The molecule has 0 aromatic carbocycles. The van der Waals surface area contributed by atoms with Crippen LogP contribution < -0.4 is 5.32 Å². The van der Waals surface area contributed by atoms with E-state index in [4.69, 9.17) is 11.6 Å². The summed E-state index contributed by atoms with van der Waals surface area (Å²) in [7, 11) is 0. The van der Waals surface area contributed by atoms with Crippen molar-refractivity contribution in [3.8, 4) is 0 Å². The van der Waals surface area contributed by atoms with Gasteiger partial charge in [-0.05, 0) is 5.92 Å². The quantitative estimate of drug-likeness (QED) is 0.370. The van der Waals surface area contributed by atoms with Gasteiger partial charge in [0.1, 0.15) is 0 Å². The van der Waals surface area contributed by atoms with E-state index in [2.05, 4.69) is 25.7 Å². The van der Waals surface area contributed by atoms with E-state index in [0.29, 0.717) is 5.92 Å². The van der Waals surface area contributed by atoms with Gasteiger partial charge in [-0.3, -0.25) is 0 Å². The Balaban J connectivity index is 3.21. The summed E-state index contributed by atoms with van der Waals surface area (Å²) in [5, 5.41) is 3.40. The second kappa shape index (κ2) is 5.75. The average molecular weight is 162 g/mol. The van der Waals surface area contributed by atoms with Crippen molar-refractivity contribution in [1.82, 2.24) is 5.32 Å². The predicted molar refractivity (Wildman–Crippen MR) is 47.5 cm³/mol. The van der Waals surface area contributed by atoms with Crippen LogP contribution in [0.3, 0.4) is 0 Å². The van der Waals surface area contributed by atoms with E-state index in [1.807, 2.05) is 6.08 Å². The van der Waals surface area contributed by atoms with Crippen LogP contribution in [0, 0.1) is 5.92 Å². The molecule has 60 valence electrons. The Morgan fingerprint density at radius 1 is 1.60 bits per heavy atom. The third kappa shape index (κ3) is 4.83. The third-order valence-electron chi connectivity index (χ3n) is 1.35. The lowest BCUT2D eigenvalue weighted by Crippen LogP contribution is -2.26. The molecule has 0 heterocycles. The summed E-state index contributed by atoms with van der Waals surface area (Å²) in [6, 6.07) is 0. The van der Waals surface area contributed by atoms with Crippen LogP contribution in [0.1, 0.15) is 13.8 Å². The van der Waals surface area contributed by atoms with Gasteiger partial charge in [0.05, 0.1) is 0 Å². The smallest absolute Gasteiger partial charge is 0.0483 e. The van der Waals surface area contributed by atoms with E-state index in [9.17, 15) is 0 Å². The van der Waals surface area contributed by atoms with Crippen molar-refractivity contribution in [1.29, 1.82) is 0 Å². The van der Waals surface area contributed by atoms with Crippen molar-refractivity contribution in [3.63, 3.8) is 0 Å². The highest BCUT2D eigenvalue weighted by Crippen LogP contribution is 2.06. The van der Waals surface area contributed by atoms with Crippen LogP contribution in [-0.4, -0.2) is 18.5 Å². The zero-order valence-corrected chi connectivity index (χ0v) is 7.49. The molecule has 0 aliphatic heterocycles. The minimum atomic E-state index is 0.236. The Hall–Kier alpha value is -0.0100. The summed E-state index contributed by atoms with van der Waals surface area (Å²) in [4.78, 5) is 0. The molecule has 1 unspecified atom stereocenters. The van der Waals surface area contributed by atoms with E-state index < -0.39 is 0 Å². The minimum absolute atomic E-state index is 0.236. The van der Waals surface area contributed by atoms with Crippen LogP contribution in [0.15, 0.2) is 12.7 Å². The van der Waals surface area contributed by atoms with E-state index in [1.54, 1.807) is 0 Å². The van der Waals surface area contributed by atoms with Gasteiger partial charge in [0.2, 0.25) is 0 Å². The molecule has 0 aromatic heterocycles. The number of halogens is 1. The molecule has 1 N–H and O–H groups in total. The molecule has 0 rings (SSSR count). The molecule has 0 amide bonds. The molecule has 0 radical (unpaired) electrons. The van der Waals surface area contributed by atoms with Gasteiger partial charge in [-0.1, -0.05) is 19.9 Å². The van der Waals surface area contributed by atoms with Gasteiger partial charge in [0, 0.05) is 18.5 Å². The summed E-state index contributed by atoms with van der Waals surface area (Å²) >= 11 is 5.95. The highest BCUT2D eigenvalue weighted by atomic mass is 35.5. The summed E-state index contributed by atoms with van der Waals surface area (Å²) in [6.07, 6.45) is 1.84. The second-order valence-electron chi connectivity index (χ2n) is 2.71. The zero-order chi connectivity index (χ0) is 7.98. The van der Waals surface area contributed by atoms with Crippen LogP contribution in [0.25, 0.3) is 0 Å². The predicted octanol–water partition coefficient (Wildman–Crippen LogP) is 2.03. The Bertz CT molecular complexity index is 91.3. The first-order valence-corrected chi connectivity index (χ1v) is 4.07. The molecule has 0 aliphatic carbocycles. The molecule has 10 heavy (non-hydrogen) atoms. The fourth-order valence-corrected chi connectivity index (χ4v) is 0.668. The van der Waals surface area contributed by atoms with E-state index in [-0.39, 0.29) is 5.38 Å². The maximum absolute atomic E-state index is 5.95. The first kappa shape index (κ1) is 9.99. The number of hydrogen-bond donors (Lipinski definition) is 1. The van der Waals surface area contributed by atoms with Gasteiger partial charge in [-0.15, -0.1) is 18.2 Å². The highest BCUT2D eigenvalue weighted by Gasteiger charge is 2.06. The molecule has 0 bridgehead atoms. The summed E-state index contributed by atoms with van der Waals surface area (Å²) in [6.45, 7) is 9.54. The highest BCUT2D eigenvalue weighted by molar-refractivity contribution is 6.20. The van der Waals surface area contributed by atoms with Crippen molar-refractivity contribution in [3.05, 3.63) is 12.7 Å². The van der Waals surface area contributed by atoms with Crippen molar-refractivity contribution in [2.45, 2.75) is 19.2 Å². The molecule has 0 spiro atoms. The fourth-order valence-electron chi connectivity index (χ4n) is 0.559. The molecule has 2 heteroatoms. The van der Waals surface area contributed by atoms with Crippen molar-refractivity contribution in [2.24, 2.45) is 5.92 Å². The zero-order valence-electron chi connectivity index (χ0n) is 6.73. The van der Waals surface area contributed by atoms with Gasteiger partial charge >= 0.3 is 0 Å². The number of nitrogens with one attached hydrogen (secondary N) is 1. The topological polar surface area (TPSA) is 12.0 Å². The van der Waals surface area contributed by atoms with E-state index >= 15 is 0 Å².